The molecule has 136 valence electrons. The van der Waals surface area contributed by atoms with Crippen LogP contribution in [-0.2, 0) is 9.53 Å². The van der Waals surface area contributed by atoms with Crippen LogP contribution in [0.25, 0.3) is 0 Å². The molecule has 0 aromatic heterocycles. The molecule has 1 heterocycles. The molecule has 8 heteroatoms. The third-order valence-electron chi connectivity index (χ3n) is 4.52. The number of carbonyl (C=O) groups is 1. The fraction of sp³-hybridized carbons (Fsp3) is 0.812. The number of nitrogens with one attached hydrogen (secondary N) is 1. The summed E-state index contributed by atoms with van der Waals surface area (Å²) in [5.41, 5.74) is -0.105. The molecule has 1 N–H and O–H groups in total. The Kier molecular flexibility index (Phi) is 4.94. The first-order valence-electron chi connectivity index (χ1n) is 8.19. The molecule has 0 amide bonds. The highest BCUT2D eigenvalue weighted by Crippen LogP contribution is 2.70. The highest BCUT2D eigenvalue weighted by molar-refractivity contribution is 8.22. The monoisotopic (exact) mass is 381 g/mol. The molecule has 2 aliphatic carbocycles. The van der Waals surface area contributed by atoms with Gasteiger partial charge >= 0.3 is 6.18 Å². The van der Waals surface area contributed by atoms with Gasteiger partial charge < -0.3 is 10.1 Å². The lowest BCUT2D eigenvalue weighted by Crippen LogP contribution is -2.37. The van der Waals surface area contributed by atoms with Crippen LogP contribution >= 0.6 is 23.5 Å². The van der Waals surface area contributed by atoms with E-state index in [9.17, 15) is 18.0 Å². The predicted octanol–water partition coefficient (Wildman–Crippen LogP) is 3.60. The Labute approximate surface area is 148 Å². The van der Waals surface area contributed by atoms with Gasteiger partial charge in [-0.15, -0.1) is 23.5 Å². The number of rotatable bonds is 5. The number of Topliss-reactive ketones (excluding diaryl/α,β-unsaturated/α-hetero) is 1. The summed E-state index contributed by atoms with van der Waals surface area (Å²) >= 11 is 3.04. The van der Waals surface area contributed by atoms with Crippen molar-refractivity contribution in [2.24, 2.45) is 11.8 Å². The van der Waals surface area contributed by atoms with Crippen LogP contribution in [0.5, 0.6) is 0 Å². The van der Waals surface area contributed by atoms with Crippen LogP contribution in [0, 0.1) is 11.8 Å². The van der Waals surface area contributed by atoms with Crippen molar-refractivity contribution >= 4 is 29.3 Å². The molecule has 0 bridgehead atoms. The van der Waals surface area contributed by atoms with Crippen LogP contribution in [-0.4, -0.2) is 46.2 Å². The van der Waals surface area contributed by atoms with Gasteiger partial charge in [-0.25, -0.2) is 0 Å². The van der Waals surface area contributed by atoms with Crippen molar-refractivity contribution in [2.75, 3.05) is 18.1 Å². The normalized spacial score (nSPS) is 31.5. The van der Waals surface area contributed by atoms with E-state index >= 15 is 0 Å². The minimum absolute atomic E-state index is 0.0460. The van der Waals surface area contributed by atoms with Crippen LogP contribution in [0.3, 0.4) is 0 Å². The maximum atomic E-state index is 13.6. The maximum absolute atomic E-state index is 13.6. The fourth-order valence-corrected chi connectivity index (χ4v) is 7.18. The van der Waals surface area contributed by atoms with E-state index < -0.39 is 16.0 Å². The van der Waals surface area contributed by atoms with E-state index in [-0.39, 0.29) is 41.9 Å². The van der Waals surface area contributed by atoms with Crippen molar-refractivity contribution in [2.45, 2.75) is 49.5 Å². The minimum Gasteiger partial charge on any atom is -0.487 e. The Balaban J connectivity index is 1.84. The van der Waals surface area contributed by atoms with Gasteiger partial charge in [0.2, 0.25) is 5.76 Å². The summed E-state index contributed by atoms with van der Waals surface area (Å²) in [5, 5.41) is 3.11. The molecule has 0 aromatic carbocycles. The van der Waals surface area contributed by atoms with Crippen LogP contribution in [0.15, 0.2) is 11.3 Å². The topological polar surface area (TPSA) is 38.3 Å². The lowest BCUT2D eigenvalue weighted by molar-refractivity contribution is -0.136. The highest BCUT2D eigenvalue weighted by Gasteiger charge is 2.70. The van der Waals surface area contributed by atoms with Gasteiger partial charge in [0.15, 0.2) is 5.78 Å². The second-order valence-corrected chi connectivity index (χ2v) is 9.86. The zero-order valence-corrected chi connectivity index (χ0v) is 15.5. The number of allylic oxidation sites excluding steroid dienone is 2. The number of carbonyl (C=O) groups excluding carboxylic acids is 1. The van der Waals surface area contributed by atoms with Crippen LogP contribution in [0.2, 0.25) is 0 Å². The lowest BCUT2D eigenvalue weighted by atomic mass is 10.1. The number of ketones is 1. The van der Waals surface area contributed by atoms with E-state index in [2.05, 4.69) is 5.32 Å². The van der Waals surface area contributed by atoms with Gasteiger partial charge in [-0.3, -0.25) is 4.79 Å². The van der Waals surface area contributed by atoms with Crippen molar-refractivity contribution < 1.29 is 22.7 Å². The van der Waals surface area contributed by atoms with Gasteiger partial charge in [-0.2, -0.15) is 13.2 Å². The molecule has 1 unspecified atom stereocenters. The quantitative estimate of drug-likeness (QED) is 0.582. The molecule has 1 aliphatic heterocycles. The Morgan fingerprint density at radius 1 is 1.33 bits per heavy atom. The Hall–Kier alpha value is -0.340. The zero-order valence-electron chi connectivity index (χ0n) is 13.9. The van der Waals surface area contributed by atoms with Gasteiger partial charge in [0.05, 0.1) is 0 Å². The van der Waals surface area contributed by atoms with Crippen molar-refractivity contribution in [3.63, 3.8) is 0 Å². The van der Waals surface area contributed by atoms with Crippen molar-refractivity contribution in [3.8, 4) is 0 Å². The molecular formula is C16H22F3NO2S2. The highest BCUT2D eigenvalue weighted by atomic mass is 32.2. The fourth-order valence-electron chi connectivity index (χ4n) is 3.64. The van der Waals surface area contributed by atoms with Gasteiger partial charge in [0.25, 0.3) is 0 Å². The average molecular weight is 381 g/mol. The van der Waals surface area contributed by atoms with Gasteiger partial charge in [-0.05, 0) is 25.2 Å². The van der Waals surface area contributed by atoms with E-state index in [0.29, 0.717) is 6.42 Å². The van der Waals surface area contributed by atoms with Crippen LogP contribution in [0.1, 0.15) is 27.2 Å². The number of halogens is 3. The second kappa shape index (κ2) is 6.43. The summed E-state index contributed by atoms with van der Waals surface area (Å²) in [7, 11) is 0. The summed E-state index contributed by atoms with van der Waals surface area (Å²) < 4.78 is 45.2. The molecule has 2 saturated carbocycles. The van der Waals surface area contributed by atoms with E-state index in [1.54, 1.807) is 6.92 Å². The molecule has 3 rings (SSSR count). The molecule has 3 fully saturated rings. The summed E-state index contributed by atoms with van der Waals surface area (Å²) in [6.45, 7) is 5.52. The van der Waals surface area contributed by atoms with Gasteiger partial charge in [-0.1, -0.05) is 13.8 Å². The number of hydrogen-bond acceptors (Lipinski definition) is 5. The first-order valence-corrected chi connectivity index (χ1v) is 10.2. The predicted molar refractivity (Wildman–Crippen MR) is 91.0 cm³/mol. The number of ether oxygens (including phenoxy) is 1. The molecule has 1 saturated heterocycles. The van der Waals surface area contributed by atoms with Crippen LogP contribution in [0.4, 0.5) is 13.2 Å². The number of fused-ring (bicyclic) bond motifs is 2. The number of hydrogen-bond donors (Lipinski definition) is 1. The average Bonchev–Trinajstić information content (AvgIpc) is 3.02. The summed E-state index contributed by atoms with van der Waals surface area (Å²) in [6.07, 6.45) is -3.96. The summed E-state index contributed by atoms with van der Waals surface area (Å²) in [6, 6.07) is -0.0697. The minimum atomic E-state index is -4.63. The largest absolute Gasteiger partial charge is 0.487 e. The molecule has 24 heavy (non-hydrogen) atoms. The smallest absolute Gasteiger partial charge is 0.449 e. The Bertz CT molecular complexity index is 556. The lowest BCUT2D eigenvalue weighted by Gasteiger charge is -2.24. The molecular weight excluding hydrogens is 359 g/mol. The first-order chi connectivity index (χ1) is 11.2. The van der Waals surface area contributed by atoms with Gasteiger partial charge in [0.1, 0.15) is 10.7 Å². The van der Waals surface area contributed by atoms with Crippen molar-refractivity contribution in [1.29, 1.82) is 0 Å². The summed E-state index contributed by atoms with van der Waals surface area (Å²) in [5.74, 6) is 0.00947. The Morgan fingerprint density at radius 2 is 1.96 bits per heavy atom. The Morgan fingerprint density at radius 3 is 2.50 bits per heavy atom. The maximum Gasteiger partial charge on any atom is 0.449 e. The van der Waals surface area contributed by atoms with Crippen molar-refractivity contribution in [1.82, 2.24) is 5.32 Å². The third kappa shape index (κ3) is 3.21. The molecule has 3 atom stereocenters. The second-order valence-electron chi connectivity index (χ2n) is 6.92. The standard InChI is InChI=1S/C16H22F3NO2S2/c1-8(2)20-9(3)7-22-14(16(17,18)19)12-10-6-11(10)15(13(12)21)23-4-5-24-15/h8-11,20H,4-7H2,1-3H3/b14-12-/t9?,10-,11+/m0/s1. The van der Waals surface area contributed by atoms with Gasteiger partial charge in [0, 0.05) is 29.2 Å². The molecule has 3 nitrogen and oxygen atoms in total. The molecule has 1 spiro atoms. The van der Waals surface area contributed by atoms with E-state index in [4.69, 9.17) is 4.74 Å². The number of thioether (sulfide) groups is 2. The zero-order chi connectivity index (χ0) is 17.7. The van der Waals surface area contributed by atoms with Crippen LogP contribution < -0.4 is 5.32 Å². The number of alkyl halides is 3. The first kappa shape index (κ1) is 18.5. The third-order valence-corrected chi connectivity index (χ3v) is 8.14. The van der Waals surface area contributed by atoms with Crippen molar-refractivity contribution in [3.05, 3.63) is 11.3 Å². The summed E-state index contributed by atoms with van der Waals surface area (Å²) in [4.78, 5) is 12.8. The van der Waals surface area contributed by atoms with E-state index in [0.717, 1.165) is 11.5 Å². The molecule has 0 radical (unpaired) electrons. The van der Waals surface area contributed by atoms with E-state index in [1.165, 1.54) is 23.5 Å². The SMILES string of the molecule is CC(C)NC(C)CO/C(=C1\C(=O)C2(SCCS2)[C@@H]2C[C@H]12)C(F)(F)F. The molecule has 3 aliphatic rings. The van der Waals surface area contributed by atoms with E-state index in [1.807, 2.05) is 13.8 Å². The molecule has 0 aromatic rings.